The molecular weight excluding hydrogens is 400 g/mol. The van der Waals surface area contributed by atoms with E-state index in [1.807, 2.05) is 30.3 Å². The number of alkyl carbamates (subject to hydrolysis) is 1. The molecule has 2 rings (SSSR count). The van der Waals surface area contributed by atoms with Crippen LogP contribution in [-0.4, -0.2) is 29.9 Å². The summed E-state index contributed by atoms with van der Waals surface area (Å²) in [4.78, 5) is 47.9. The number of hydrogen-bond donors (Lipinski definition) is 4. The Morgan fingerprint density at radius 3 is 2.42 bits per heavy atom. The molecule has 0 unspecified atom stereocenters. The van der Waals surface area contributed by atoms with Gasteiger partial charge in [-0.1, -0.05) is 62.4 Å². The topological polar surface area (TPSA) is 140 Å². The average Bonchev–Trinajstić information content (AvgIpc) is 2.75. The Hall–Kier alpha value is -3.36. The Balaban J connectivity index is 2.04. The van der Waals surface area contributed by atoms with Crippen molar-refractivity contribution in [3.63, 3.8) is 0 Å². The molecule has 31 heavy (non-hydrogen) atoms. The Kier molecular flexibility index (Phi) is 9.54. The van der Waals surface area contributed by atoms with Crippen molar-refractivity contribution in [1.82, 2.24) is 16.0 Å². The molecule has 1 atom stereocenters. The number of carbonyl (C=O) groups excluding carboxylic acids is 4. The molecule has 0 aromatic heterocycles. The highest BCUT2D eigenvalue weighted by Gasteiger charge is 2.27. The van der Waals surface area contributed by atoms with Crippen molar-refractivity contribution in [2.45, 2.75) is 58.1 Å². The van der Waals surface area contributed by atoms with E-state index >= 15 is 0 Å². The highest BCUT2D eigenvalue weighted by atomic mass is 16.5. The smallest absolute Gasteiger partial charge is 0.408 e. The monoisotopic (exact) mass is 430 g/mol. The van der Waals surface area contributed by atoms with E-state index in [4.69, 9.17) is 10.5 Å². The first-order valence-electron chi connectivity index (χ1n) is 10.4. The van der Waals surface area contributed by atoms with Crippen LogP contribution in [0.4, 0.5) is 4.79 Å². The fraction of sp³-hybridized carbons (Fsp3) is 0.455. The zero-order valence-electron chi connectivity index (χ0n) is 17.7. The number of hydrogen-bond acceptors (Lipinski definition) is 5. The van der Waals surface area contributed by atoms with Crippen molar-refractivity contribution in [2.75, 3.05) is 0 Å². The molecule has 0 heterocycles. The van der Waals surface area contributed by atoms with Crippen LogP contribution in [0.5, 0.6) is 0 Å². The number of carbonyl (C=O) groups is 4. The van der Waals surface area contributed by atoms with E-state index in [2.05, 4.69) is 16.0 Å². The molecule has 1 aliphatic rings. The van der Waals surface area contributed by atoms with Gasteiger partial charge in [0.2, 0.25) is 11.8 Å². The molecule has 168 valence electrons. The third-order valence-electron chi connectivity index (χ3n) is 5.06. The number of ether oxygens (including phenoxy) is 1. The third-order valence-corrected chi connectivity index (χ3v) is 5.06. The summed E-state index contributed by atoms with van der Waals surface area (Å²) in [6.45, 7) is 1.33. The van der Waals surface area contributed by atoms with Gasteiger partial charge >= 0.3 is 6.09 Å². The highest BCUT2D eigenvalue weighted by Crippen LogP contribution is 2.27. The van der Waals surface area contributed by atoms with Crippen LogP contribution in [0.15, 0.2) is 42.2 Å². The standard InChI is InChI=1S/C22H30N4O5/c1-15(27)24-13-19(20(23)28)25-21(29)18(12-16-8-4-2-5-9-16)26-22(30)31-14-17-10-6-3-7-11-17/h3,6-7,10-11,13,16,18H,2,4-5,8-9,12,14H2,1H3,(H2,23,28)(H,24,27)(H,25,29)(H,26,30)/b19-13-/t18-/m0/s1. The molecule has 0 bridgehead atoms. The zero-order chi connectivity index (χ0) is 22.6. The highest BCUT2D eigenvalue weighted by molar-refractivity contribution is 5.98. The summed E-state index contributed by atoms with van der Waals surface area (Å²) in [6, 6.07) is 8.27. The first-order chi connectivity index (χ1) is 14.8. The van der Waals surface area contributed by atoms with Crippen LogP contribution in [0.1, 0.15) is 51.0 Å². The largest absolute Gasteiger partial charge is 0.445 e. The van der Waals surface area contributed by atoms with Crippen molar-refractivity contribution in [3.8, 4) is 0 Å². The van der Waals surface area contributed by atoms with Crippen molar-refractivity contribution >= 4 is 23.8 Å². The summed E-state index contributed by atoms with van der Waals surface area (Å²) >= 11 is 0. The van der Waals surface area contributed by atoms with Gasteiger partial charge in [0, 0.05) is 13.1 Å². The van der Waals surface area contributed by atoms with Gasteiger partial charge in [-0.25, -0.2) is 4.79 Å². The normalized spacial score (nSPS) is 15.5. The summed E-state index contributed by atoms with van der Waals surface area (Å²) in [6.07, 6.45) is 5.96. The fourth-order valence-electron chi connectivity index (χ4n) is 3.46. The summed E-state index contributed by atoms with van der Waals surface area (Å²) < 4.78 is 5.24. The molecule has 4 amide bonds. The first kappa shape index (κ1) is 23.9. The molecule has 0 saturated heterocycles. The van der Waals surface area contributed by atoms with Gasteiger partial charge in [0.1, 0.15) is 18.3 Å². The van der Waals surface area contributed by atoms with Crippen LogP contribution < -0.4 is 21.7 Å². The molecule has 0 aliphatic heterocycles. The summed E-state index contributed by atoms with van der Waals surface area (Å²) in [7, 11) is 0. The van der Waals surface area contributed by atoms with Gasteiger partial charge in [0.05, 0.1) is 0 Å². The van der Waals surface area contributed by atoms with Crippen LogP contribution in [0.25, 0.3) is 0 Å². The number of amides is 4. The van der Waals surface area contributed by atoms with E-state index in [9.17, 15) is 19.2 Å². The number of nitrogens with two attached hydrogens (primary N) is 1. The lowest BCUT2D eigenvalue weighted by Crippen LogP contribution is -2.49. The van der Waals surface area contributed by atoms with Gasteiger partial charge in [0.25, 0.3) is 5.91 Å². The maximum Gasteiger partial charge on any atom is 0.408 e. The molecule has 1 fully saturated rings. The van der Waals surface area contributed by atoms with Gasteiger partial charge in [-0.2, -0.15) is 0 Å². The van der Waals surface area contributed by atoms with Gasteiger partial charge < -0.3 is 26.4 Å². The average molecular weight is 431 g/mol. The molecule has 0 radical (unpaired) electrons. The van der Waals surface area contributed by atoms with Crippen LogP contribution >= 0.6 is 0 Å². The Morgan fingerprint density at radius 1 is 1.13 bits per heavy atom. The van der Waals surface area contributed by atoms with Crippen molar-refractivity contribution in [3.05, 3.63) is 47.8 Å². The Labute approximate surface area is 181 Å². The number of primary amides is 1. The van der Waals surface area contributed by atoms with Crippen LogP contribution in [0, 0.1) is 5.92 Å². The number of nitrogens with one attached hydrogen (secondary N) is 3. The molecule has 1 aromatic carbocycles. The molecule has 1 aromatic rings. The fourth-order valence-corrected chi connectivity index (χ4v) is 3.46. The molecule has 9 nitrogen and oxygen atoms in total. The van der Waals surface area contributed by atoms with Crippen molar-refractivity contribution in [2.24, 2.45) is 11.7 Å². The lowest BCUT2D eigenvalue weighted by atomic mass is 9.84. The van der Waals surface area contributed by atoms with Gasteiger partial charge in [-0.05, 0) is 17.9 Å². The third kappa shape index (κ3) is 8.90. The lowest BCUT2D eigenvalue weighted by Gasteiger charge is -2.26. The predicted octanol–water partition coefficient (Wildman–Crippen LogP) is 1.83. The Morgan fingerprint density at radius 2 is 1.81 bits per heavy atom. The molecular formula is C22H30N4O5. The van der Waals surface area contributed by atoms with Gasteiger partial charge in [-0.3, -0.25) is 14.4 Å². The zero-order valence-corrected chi connectivity index (χ0v) is 17.7. The maximum atomic E-state index is 12.8. The molecule has 9 heteroatoms. The van der Waals surface area contributed by atoms with Gasteiger partial charge in [0.15, 0.2) is 0 Å². The second-order valence-corrected chi connectivity index (χ2v) is 7.61. The molecule has 1 saturated carbocycles. The Bertz CT molecular complexity index is 803. The minimum Gasteiger partial charge on any atom is -0.445 e. The second-order valence-electron chi connectivity index (χ2n) is 7.61. The van der Waals surface area contributed by atoms with E-state index < -0.39 is 29.9 Å². The minimum atomic E-state index is -0.912. The van der Waals surface area contributed by atoms with Crippen molar-refractivity contribution < 1.29 is 23.9 Å². The minimum absolute atomic E-state index is 0.0689. The van der Waals surface area contributed by atoms with E-state index in [0.717, 1.165) is 43.9 Å². The molecule has 1 aliphatic carbocycles. The summed E-state index contributed by atoms with van der Waals surface area (Å²) in [5.41, 5.74) is 5.83. The molecule has 5 N–H and O–H groups in total. The van der Waals surface area contributed by atoms with Crippen LogP contribution in [0.3, 0.4) is 0 Å². The molecule has 0 spiro atoms. The van der Waals surface area contributed by atoms with E-state index in [-0.39, 0.29) is 18.2 Å². The van der Waals surface area contributed by atoms with Crippen molar-refractivity contribution in [1.29, 1.82) is 0 Å². The number of benzene rings is 1. The van der Waals surface area contributed by atoms with Gasteiger partial charge in [-0.15, -0.1) is 0 Å². The van der Waals surface area contributed by atoms with E-state index in [1.165, 1.54) is 6.92 Å². The first-order valence-corrected chi connectivity index (χ1v) is 10.4. The number of rotatable bonds is 9. The maximum absolute atomic E-state index is 12.8. The van der Waals surface area contributed by atoms with E-state index in [0.29, 0.717) is 6.42 Å². The quantitative estimate of drug-likeness (QED) is 0.443. The van der Waals surface area contributed by atoms with Crippen LogP contribution in [0.2, 0.25) is 0 Å². The summed E-state index contributed by atoms with van der Waals surface area (Å²) in [5.74, 6) is -1.66. The predicted molar refractivity (Wildman–Crippen MR) is 114 cm³/mol. The van der Waals surface area contributed by atoms with E-state index in [1.54, 1.807) is 0 Å². The lowest BCUT2D eigenvalue weighted by molar-refractivity contribution is -0.125. The second kappa shape index (κ2) is 12.4. The SMILES string of the molecule is CC(=O)N/C=C(\NC(=O)[C@H](CC1CCCCC1)NC(=O)OCc1ccccc1)C(N)=O. The summed E-state index contributed by atoms with van der Waals surface area (Å²) in [5, 5.41) is 7.31. The van der Waals surface area contributed by atoms with Crippen LogP contribution in [-0.2, 0) is 25.7 Å².